The minimum Gasteiger partial charge on any atom is -0.466 e. The predicted octanol–water partition coefficient (Wildman–Crippen LogP) is 12.3. The third kappa shape index (κ3) is 37.6. The molecule has 6 nitrogen and oxygen atoms in total. The van der Waals surface area contributed by atoms with Crippen molar-refractivity contribution < 1.29 is 24.5 Å². The van der Waals surface area contributed by atoms with Gasteiger partial charge in [0, 0.05) is 12.8 Å². The molecule has 0 spiro atoms. The maximum absolute atomic E-state index is 12.3. The Morgan fingerprint density at radius 1 is 0.538 bits per heavy atom. The highest BCUT2D eigenvalue weighted by atomic mass is 16.5. The van der Waals surface area contributed by atoms with E-state index in [2.05, 4.69) is 55.6 Å². The topological polar surface area (TPSA) is 95.9 Å². The van der Waals surface area contributed by atoms with E-state index in [1.54, 1.807) is 6.08 Å². The SMILES string of the molecule is CCCCCC/C=C\C/C=C\CCCCCCCC(=O)OCCCC/C=C\CCCCCCC(=O)NC(CO)C(O)/C=C/CCCCCCCCC. The number of carbonyl (C=O) groups excluding carboxylic acids is 2. The fourth-order valence-corrected chi connectivity index (χ4v) is 6.12. The molecule has 0 aliphatic heterocycles. The molecule has 0 saturated carbocycles. The van der Waals surface area contributed by atoms with Crippen LogP contribution in [0.25, 0.3) is 0 Å². The second-order valence-electron chi connectivity index (χ2n) is 14.7. The molecular formula is C46H83NO5. The molecule has 0 saturated heterocycles. The molecule has 2 unspecified atom stereocenters. The first-order chi connectivity index (χ1) is 25.5. The molecule has 0 aliphatic carbocycles. The number of hydrogen-bond acceptors (Lipinski definition) is 5. The number of ether oxygens (including phenoxy) is 1. The van der Waals surface area contributed by atoms with E-state index in [-0.39, 0.29) is 18.5 Å². The van der Waals surface area contributed by atoms with Crippen LogP contribution < -0.4 is 5.32 Å². The number of hydrogen-bond donors (Lipinski definition) is 3. The number of aliphatic hydroxyl groups is 2. The molecule has 3 N–H and O–H groups in total. The molecule has 0 heterocycles. The van der Waals surface area contributed by atoms with E-state index < -0.39 is 12.1 Å². The Morgan fingerprint density at radius 2 is 0.962 bits per heavy atom. The lowest BCUT2D eigenvalue weighted by Gasteiger charge is -2.20. The Balaban J connectivity index is 3.58. The van der Waals surface area contributed by atoms with Crippen LogP contribution in [-0.2, 0) is 14.3 Å². The van der Waals surface area contributed by atoms with Crippen molar-refractivity contribution in [3.8, 4) is 0 Å². The highest BCUT2D eigenvalue weighted by molar-refractivity contribution is 5.76. The Bertz CT molecular complexity index is 895. The summed E-state index contributed by atoms with van der Waals surface area (Å²) in [5.41, 5.74) is 0. The first kappa shape index (κ1) is 49.8. The summed E-state index contributed by atoms with van der Waals surface area (Å²) < 4.78 is 5.41. The third-order valence-electron chi connectivity index (χ3n) is 9.56. The molecule has 0 aromatic carbocycles. The average molecular weight is 730 g/mol. The summed E-state index contributed by atoms with van der Waals surface area (Å²) in [5, 5.41) is 22.8. The van der Waals surface area contributed by atoms with E-state index in [1.165, 1.54) is 89.9 Å². The van der Waals surface area contributed by atoms with Crippen LogP contribution in [-0.4, -0.2) is 47.4 Å². The Kier molecular flexibility index (Phi) is 39.8. The fourth-order valence-electron chi connectivity index (χ4n) is 6.12. The lowest BCUT2D eigenvalue weighted by atomic mass is 10.1. The maximum atomic E-state index is 12.3. The Morgan fingerprint density at radius 3 is 1.50 bits per heavy atom. The molecular weight excluding hydrogens is 647 g/mol. The van der Waals surface area contributed by atoms with Gasteiger partial charge in [0.25, 0.3) is 0 Å². The zero-order valence-corrected chi connectivity index (χ0v) is 34.0. The zero-order chi connectivity index (χ0) is 38.0. The second kappa shape index (κ2) is 41.6. The lowest BCUT2D eigenvalue weighted by Crippen LogP contribution is -2.45. The van der Waals surface area contributed by atoms with Gasteiger partial charge in [-0.25, -0.2) is 0 Å². The summed E-state index contributed by atoms with van der Waals surface area (Å²) >= 11 is 0. The van der Waals surface area contributed by atoms with Gasteiger partial charge in [-0.3, -0.25) is 9.59 Å². The Labute approximate surface area is 321 Å². The van der Waals surface area contributed by atoms with Crippen molar-refractivity contribution in [2.24, 2.45) is 0 Å². The minimum atomic E-state index is -0.865. The minimum absolute atomic E-state index is 0.0540. The molecule has 0 fully saturated rings. The molecule has 6 heteroatoms. The number of amides is 1. The summed E-state index contributed by atoms with van der Waals surface area (Å²) in [6, 6.07) is -0.652. The van der Waals surface area contributed by atoms with Crippen molar-refractivity contribution in [2.75, 3.05) is 13.2 Å². The van der Waals surface area contributed by atoms with Crippen molar-refractivity contribution in [3.63, 3.8) is 0 Å². The van der Waals surface area contributed by atoms with Crippen LogP contribution in [0.3, 0.4) is 0 Å². The quantitative estimate of drug-likeness (QED) is 0.0332. The molecule has 52 heavy (non-hydrogen) atoms. The zero-order valence-electron chi connectivity index (χ0n) is 34.0. The van der Waals surface area contributed by atoms with Gasteiger partial charge in [-0.1, -0.05) is 152 Å². The van der Waals surface area contributed by atoms with Crippen molar-refractivity contribution in [2.45, 2.75) is 219 Å². The van der Waals surface area contributed by atoms with Gasteiger partial charge >= 0.3 is 5.97 Å². The van der Waals surface area contributed by atoms with Crippen molar-refractivity contribution in [3.05, 3.63) is 48.6 Å². The fraction of sp³-hybridized carbons (Fsp3) is 0.783. The van der Waals surface area contributed by atoms with Crippen LogP contribution in [0.4, 0.5) is 0 Å². The molecule has 0 aromatic rings. The van der Waals surface area contributed by atoms with Crippen LogP contribution in [0.5, 0.6) is 0 Å². The van der Waals surface area contributed by atoms with E-state index in [1.807, 2.05) is 6.08 Å². The van der Waals surface area contributed by atoms with E-state index in [0.29, 0.717) is 19.4 Å². The van der Waals surface area contributed by atoms with Crippen molar-refractivity contribution in [1.82, 2.24) is 5.32 Å². The molecule has 302 valence electrons. The van der Waals surface area contributed by atoms with Crippen LogP contribution in [0, 0.1) is 0 Å². The summed E-state index contributed by atoms with van der Waals surface area (Å²) in [7, 11) is 0. The highest BCUT2D eigenvalue weighted by Gasteiger charge is 2.17. The molecule has 0 rings (SSSR count). The van der Waals surface area contributed by atoms with Crippen LogP contribution in [0.15, 0.2) is 48.6 Å². The van der Waals surface area contributed by atoms with Gasteiger partial charge in [-0.15, -0.1) is 0 Å². The molecule has 0 aromatic heterocycles. The van der Waals surface area contributed by atoms with Gasteiger partial charge in [0.2, 0.25) is 5.91 Å². The number of allylic oxidation sites excluding steroid dienone is 7. The molecule has 0 bridgehead atoms. The first-order valence-electron chi connectivity index (χ1n) is 21.9. The summed E-state index contributed by atoms with van der Waals surface area (Å²) in [4.78, 5) is 24.3. The summed E-state index contributed by atoms with van der Waals surface area (Å²) in [6.07, 6.45) is 49.6. The van der Waals surface area contributed by atoms with Crippen LogP contribution >= 0.6 is 0 Å². The van der Waals surface area contributed by atoms with Gasteiger partial charge in [0.15, 0.2) is 0 Å². The first-order valence-corrected chi connectivity index (χ1v) is 21.9. The predicted molar refractivity (Wildman–Crippen MR) is 222 cm³/mol. The van der Waals surface area contributed by atoms with Crippen LogP contribution in [0.1, 0.15) is 206 Å². The summed E-state index contributed by atoms with van der Waals surface area (Å²) in [6.45, 7) is 4.73. The van der Waals surface area contributed by atoms with E-state index in [4.69, 9.17) is 4.74 Å². The standard InChI is InChI=1S/C46H83NO5/c1-3-5-7-9-11-13-14-15-16-17-18-19-24-28-32-36-40-46(51)52-41-37-33-29-25-21-20-23-27-31-35-39-45(50)47-43(42-48)44(49)38-34-30-26-22-12-10-8-6-4-2/h13-14,16-17,21,25,34,38,43-44,48-49H,3-12,15,18-20,22-24,26-33,35-37,39-42H2,1-2H3,(H,47,50)/b14-13-,17-16-,25-21-,38-34+. The molecule has 0 aliphatic rings. The molecule has 1 amide bonds. The largest absolute Gasteiger partial charge is 0.466 e. The van der Waals surface area contributed by atoms with Crippen molar-refractivity contribution >= 4 is 11.9 Å². The van der Waals surface area contributed by atoms with E-state index in [9.17, 15) is 19.8 Å². The number of aliphatic hydroxyl groups excluding tert-OH is 2. The monoisotopic (exact) mass is 730 g/mol. The number of nitrogens with one attached hydrogen (secondary N) is 1. The van der Waals surface area contributed by atoms with Gasteiger partial charge < -0.3 is 20.3 Å². The number of esters is 1. The van der Waals surface area contributed by atoms with Gasteiger partial charge in [-0.2, -0.15) is 0 Å². The smallest absolute Gasteiger partial charge is 0.305 e. The van der Waals surface area contributed by atoms with Crippen molar-refractivity contribution in [1.29, 1.82) is 0 Å². The maximum Gasteiger partial charge on any atom is 0.305 e. The molecule has 2 atom stereocenters. The summed E-state index contributed by atoms with van der Waals surface area (Å²) in [5.74, 6) is -0.164. The average Bonchev–Trinajstić information content (AvgIpc) is 3.14. The van der Waals surface area contributed by atoms with Crippen LogP contribution in [0.2, 0.25) is 0 Å². The van der Waals surface area contributed by atoms with Gasteiger partial charge in [0.1, 0.15) is 0 Å². The number of rotatable bonds is 39. The third-order valence-corrected chi connectivity index (χ3v) is 9.56. The number of unbranched alkanes of at least 4 members (excludes halogenated alkanes) is 22. The number of carbonyl (C=O) groups is 2. The second-order valence-corrected chi connectivity index (χ2v) is 14.7. The van der Waals surface area contributed by atoms with E-state index >= 15 is 0 Å². The van der Waals surface area contributed by atoms with Gasteiger partial charge in [-0.05, 0) is 89.9 Å². The Hall–Kier alpha value is -2.18. The van der Waals surface area contributed by atoms with Gasteiger partial charge in [0.05, 0.1) is 25.4 Å². The van der Waals surface area contributed by atoms with E-state index in [0.717, 1.165) is 89.9 Å². The molecule has 0 radical (unpaired) electrons. The lowest BCUT2D eigenvalue weighted by molar-refractivity contribution is -0.143. The highest BCUT2D eigenvalue weighted by Crippen LogP contribution is 2.12. The normalized spacial score (nSPS) is 13.2.